The van der Waals surface area contributed by atoms with Gasteiger partial charge in [-0.3, -0.25) is 0 Å². The van der Waals surface area contributed by atoms with E-state index in [0.29, 0.717) is 6.54 Å². The normalized spacial score (nSPS) is 10.6. The highest BCUT2D eigenvalue weighted by atomic mass is 79.9. The maximum atomic E-state index is 5.37. The predicted molar refractivity (Wildman–Crippen MR) is 83.4 cm³/mol. The number of furan rings is 1. The fourth-order valence-corrected chi connectivity index (χ4v) is 2.34. The summed E-state index contributed by atoms with van der Waals surface area (Å²) < 4.78 is 6.38. The molecule has 1 heterocycles. The quantitative estimate of drug-likeness (QED) is 0.692. The first-order chi connectivity index (χ1) is 9.29. The van der Waals surface area contributed by atoms with Crippen molar-refractivity contribution in [3.05, 3.63) is 52.4 Å². The van der Waals surface area contributed by atoms with Crippen molar-refractivity contribution in [2.45, 2.75) is 39.2 Å². The standard InChI is InChI=1S/C16H20BrNO/c1-2-3-4-5-13-6-8-14(9-7-13)18-12-16-15(17)10-11-19-16/h6-11,18H,2-5,12H2,1H3. The lowest BCUT2D eigenvalue weighted by Gasteiger charge is -2.06. The van der Waals surface area contributed by atoms with E-state index in [1.807, 2.05) is 6.07 Å². The van der Waals surface area contributed by atoms with Gasteiger partial charge in [-0.15, -0.1) is 0 Å². The van der Waals surface area contributed by atoms with Gasteiger partial charge in [-0.1, -0.05) is 31.9 Å². The van der Waals surface area contributed by atoms with Crippen LogP contribution in [0.15, 0.2) is 45.5 Å². The lowest BCUT2D eigenvalue weighted by molar-refractivity contribution is 0.516. The van der Waals surface area contributed by atoms with Crippen molar-refractivity contribution < 1.29 is 4.42 Å². The summed E-state index contributed by atoms with van der Waals surface area (Å²) in [6, 6.07) is 10.6. The minimum Gasteiger partial charge on any atom is -0.466 e. The lowest BCUT2D eigenvalue weighted by Crippen LogP contribution is -1.98. The first kappa shape index (κ1) is 14.2. The van der Waals surface area contributed by atoms with Crippen LogP contribution in [0.1, 0.15) is 37.5 Å². The van der Waals surface area contributed by atoms with Crippen LogP contribution in [0, 0.1) is 0 Å². The van der Waals surface area contributed by atoms with E-state index in [0.717, 1.165) is 15.9 Å². The zero-order valence-electron chi connectivity index (χ0n) is 11.3. The largest absolute Gasteiger partial charge is 0.466 e. The third-order valence-corrected chi connectivity index (χ3v) is 3.87. The molecule has 1 N–H and O–H groups in total. The summed E-state index contributed by atoms with van der Waals surface area (Å²) in [5.41, 5.74) is 2.54. The molecule has 0 spiro atoms. The topological polar surface area (TPSA) is 25.2 Å². The molecular formula is C16H20BrNO. The average molecular weight is 322 g/mol. The SMILES string of the molecule is CCCCCc1ccc(NCc2occc2Br)cc1. The fourth-order valence-electron chi connectivity index (χ4n) is 2.00. The number of rotatable bonds is 7. The molecule has 0 radical (unpaired) electrons. The van der Waals surface area contributed by atoms with E-state index in [4.69, 9.17) is 4.42 Å². The average Bonchev–Trinajstić information content (AvgIpc) is 2.84. The summed E-state index contributed by atoms with van der Waals surface area (Å²) >= 11 is 3.45. The van der Waals surface area contributed by atoms with Crippen LogP contribution < -0.4 is 5.32 Å². The molecule has 3 heteroatoms. The van der Waals surface area contributed by atoms with Gasteiger partial charge in [-0.05, 0) is 52.5 Å². The van der Waals surface area contributed by atoms with Gasteiger partial charge in [-0.2, -0.15) is 0 Å². The van der Waals surface area contributed by atoms with Crippen molar-refractivity contribution >= 4 is 21.6 Å². The number of halogens is 1. The molecular weight excluding hydrogens is 302 g/mol. The third kappa shape index (κ3) is 4.43. The van der Waals surface area contributed by atoms with E-state index in [2.05, 4.69) is 52.4 Å². The summed E-state index contributed by atoms with van der Waals surface area (Å²) in [6.07, 6.45) is 6.74. The lowest BCUT2D eigenvalue weighted by atomic mass is 10.1. The Morgan fingerprint density at radius 3 is 2.53 bits per heavy atom. The van der Waals surface area contributed by atoms with E-state index in [9.17, 15) is 0 Å². The van der Waals surface area contributed by atoms with Gasteiger partial charge in [0.05, 0.1) is 17.3 Å². The van der Waals surface area contributed by atoms with Crippen molar-refractivity contribution in [1.29, 1.82) is 0 Å². The molecule has 1 aromatic carbocycles. The minimum atomic E-state index is 0.697. The van der Waals surface area contributed by atoms with Crippen molar-refractivity contribution in [3.8, 4) is 0 Å². The number of nitrogens with one attached hydrogen (secondary N) is 1. The van der Waals surface area contributed by atoms with Gasteiger partial charge < -0.3 is 9.73 Å². The first-order valence-corrected chi connectivity index (χ1v) is 7.63. The molecule has 0 aliphatic heterocycles. The minimum absolute atomic E-state index is 0.697. The van der Waals surface area contributed by atoms with Crippen LogP contribution in [0.4, 0.5) is 5.69 Å². The van der Waals surface area contributed by atoms with E-state index in [1.165, 1.54) is 31.2 Å². The van der Waals surface area contributed by atoms with E-state index < -0.39 is 0 Å². The molecule has 0 saturated heterocycles. The summed E-state index contributed by atoms with van der Waals surface area (Å²) in [6.45, 7) is 2.93. The molecule has 102 valence electrons. The van der Waals surface area contributed by atoms with Crippen molar-refractivity contribution in [2.24, 2.45) is 0 Å². The molecule has 2 rings (SSSR count). The van der Waals surface area contributed by atoms with Gasteiger partial charge in [0, 0.05) is 5.69 Å². The second-order valence-electron chi connectivity index (χ2n) is 4.70. The van der Waals surface area contributed by atoms with Crippen LogP contribution in [0.2, 0.25) is 0 Å². The van der Waals surface area contributed by atoms with E-state index >= 15 is 0 Å². The smallest absolute Gasteiger partial charge is 0.136 e. The summed E-state index contributed by atoms with van der Waals surface area (Å²) in [5.74, 6) is 0.923. The van der Waals surface area contributed by atoms with Gasteiger partial charge in [0.1, 0.15) is 5.76 Å². The Kier molecular flexibility index (Phi) is 5.52. The number of anilines is 1. The van der Waals surface area contributed by atoms with Crippen LogP contribution in [-0.2, 0) is 13.0 Å². The molecule has 0 atom stereocenters. The maximum Gasteiger partial charge on any atom is 0.136 e. The maximum absolute atomic E-state index is 5.37. The molecule has 0 aliphatic rings. The second kappa shape index (κ2) is 7.39. The zero-order chi connectivity index (χ0) is 13.5. The fraction of sp³-hybridized carbons (Fsp3) is 0.375. The van der Waals surface area contributed by atoms with Crippen molar-refractivity contribution in [2.75, 3.05) is 5.32 Å². The molecule has 0 unspecified atom stereocenters. The summed E-state index contributed by atoms with van der Waals surface area (Å²) in [5, 5.41) is 3.36. The van der Waals surface area contributed by atoms with E-state index in [-0.39, 0.29) is 0 Å². The molecule has 2 nitrogen and oxygen atoms in total. The number of benzene rings is 1. The van der Waals surface area contributed by atoms with Gasteiger partial charge in [-0.25, -0.2) is 0 Å². The van der Waals surface area contributed by atoms with Crippen LogP contribution in [0.5, 0.6) is 0 Å². The Morgan fingerprint density at radius 2 is 1.89 bits per heavy atom. The Morgan fingerprint density at radius 1 is 1.11 bits per heavy atom. The first-order valence-electron chi connectivity index (χ1n) is 6.84. The van der Waals surface area contributed by atoms with Gasteiger partial charge in [0.2, 0.25) is 0 Å². The van der Waals surface area contributed by atoms with Crippen LogP contribution in [0.25, 0.3) is 0 Å². The summed E-state index contributed by atoms with van der Waals surface area (Å²) in [7, 11) is 0. The summed E-state index contributed by atoms with van der Waals surface area (Å²) in [4.78, 5) is 0. The Balaban J connectivity index is 1.83. The van der Waals surface area contributed by atoms with Crippen LogP contribution in [-0.4, -0.2) is 0 Å². The van der Waals surface area contributed by atoms with Gasteiger partial charge in [0.15, 0.2) is 0 Å². The highest BCUT2D eigenvalue weighted by Crippen LogP contribution is 2.19. The van der Waals surface area contributed by atoms with Crippen molar-refractivity contribution in [3.63, 3.8) is 0 Å². The molecule has 0 saturated carbocycles. The third-order valence-electron chi connectivity index (χ3n) is 3.17. The van der Waals surface area contributed by atoms with Crippen molar-refractivity contribution in [1.82, 2.24) is 0 Å². The highest BCUT2D eigenvalue weighted by molar-refractivity contribution is 9.10. The molecule has 0 bridgehead atoms. The number of unbranched alkanes of at least 4 members (excludes halogenated alkanes) is 2. The highest BCUT2D eigenvalue weighted by Gasteiger charge is 2.02. The molecule has 1 aromatic heterocycles. The molecule has 0 amide bonds. The number of hydrogen-bond acceptors (Lipinski definition) is 2. The molecule has 2 aromatic rings. The molecule has 19 heavy (non-hydrogen) atoms. The van der Waals surface area contributed by atoms with E-state index in [1.54, 1.807) is 6.26 Å². The van der Waals surface area contributed by atoms with Gasteiger partial charge >= 0.3 is 0 Å². The Bertz CT molecular complexity index is 490. The Hall–Kier alpha value is -1.22. The molecule has 0 fully saturated rings. The number of hydrogen-bond donors (Lipinski definition) is 1. The second-order valence-corrected chi connectivity index (χ2v) is 5.55. The zero-order valence-corrected chi connectivity index (χ0v) is 12.9. The number of aryl methyl sites for hydroxylation is 1. The Labute approximate surface area is 123 Å². The predicted octanol–water partition coefficient (Wildman–Crippen LogP) is 5.39. The monoisotopic (exact) mass is 321 g/mol. The molecule has 0 aliphatic carbocycles. The van der Waals surface area contributed by atoms with Crippen LogP contribution >= 0.6 is 15.9 Å². The van der Waals surface area contributed by atoms with Gasteiger partial charge in [0.25, 0.3) is 0 Å². The van der Waals surface area contributed by atoms with Crippen LogP contribution in [0.3, 0.4) is 0 Å².